The summed E-state index contributed by atoms with van der Waals surface area (Å²) in [5.74, 6) is 0. The molecule has 0 atom stereocenters. The van der Waals surface area contributed by atoms with Crippen molar-refractivity contribution in [3.8, 4) is 22.8 Å². The molecule has 3 heterocycles. The average molecular weight is 436 g/mol. The van der Waals surface area contributed by atoms with Crippen LogP contribution in [0.15, 0.2) is 30.3 Å². The highest BCUT2D eigenvalue weighted by Crippen LogP contribution is 2.22. The van der Waals surface area contributed by atoms with Crippen molar-refractivity contribution < 1.29 is 0 Å². The summed E-state index contributed by atoms with van der Waals surface area (Å²) in [4.78, 5) is 4.84. The van der Waals surface area contributed by atoms with E-state index < -0.39 is 0 Å². The highest BCUT2D eigenvalue weighted by atomic mass is 15.1. The summed E-state index contributed by atoms with van der Waals surface area (Å²) in [6, 6.07) is 10.4. The van der Waals surface area contributed by atoms with E-state index in [1.165, 1.54) is 88.4 Å². The summed E-state index contributed by atoms with van der Waals surface area (Å²) in [6.45, 7) is 4.52. The lowest BCUT2D eigenvalue weighted by molar-refractivity contribution is 0.604. The minimum atomic E-state index is 0.897. The first-order valence-corrected chi connectivity index (χ1v) is 12.9. The maximum absolute atomic E-state index is 4.84. The Kier molecular flexibility index (Phi) is 10.5. The fourth-order valence-electron chi connectivity index (χ4n) is 4.15. The minimum Gasteiger partial charge on any atom is -0.282 e. The molecule has 174 valence electrons. The van der Waals surface area contributed by atoms with Gasteiger partial charge in [-0.1, -0.05) is 84.1 Å². The van der Waals surface area contributed by atoms with Gasteiger partial charge in [0.2, 0.25) is 0 Å². The van der Waals surface area contributed by atoms with Gasteiger partial charge in [0.25, 0.3) is 0 Å². The molecular formula is C27H41N5. The van der Waals surface area contributed by atoms with Gasteiger partial charge in [0.05, 0.1) is 11.4 Å². The Balaban J connectivity index is 1.50. The van der Waals surface area contributed by atoms with Crippen molar-refractivity contribution in [1.29, 1.82) is 0 Å². The van der Waals surface area contributed by atoms with Crippen LogP contribution >= 0.6 is 0 Å². The zero-order chi connectivity index (χ0) is 22.4. The molecule has 0 aromatic carbocycles. The summed E-state index contributed by atoms with van der Waals surface area (Å²) < 4.78 is 0. The van der Waals surface area contributed by atoms with Gasteiger partial charge < -0.3 is 0 Å². The van der Waals surface area contributed by atoms with E-state index in [1.807, 2.05) is 18.2 Å². The van der Waals surface area contributed by atoms with Gasteiger partial charge in [-0.05, 0) is 49.9 Å². The second-order valence-corrected chi connectivity index (χ2v) is 9.00. The van der Waals surface area contributed by atoms with E-state index in [2.05, 4.69) is 46.4 Å². The molecule has 3 rings (SSSR count). The van der Waals surface area contributed by atoms with Crippen molar-refractivity contribution in [2.45, 2.75) is 104 Å². The molecule has 0 spiro atoms. The molecule has 2 N–H and O–H groups in total. The Morgan fingerprint density at radius 1 is 0.562 bits per heavy atom. The Morgan fingerprint density at radius 2 is 1.00 bits per heavy atom. The normalized spacial score (nSPS) is 11.3. The maximum atomic E-state index is 4.84. The third-order valence-corrected chi connectivity index (χ3v) is 6.14. The number of nitrogens with one attached hydrogen (secondary N) is 2. The first kappa shape index (κ1) is 24.2. The highest BCUT2D eigenvalue weighted by Gasteiger charge is 2.10. The van der Waals surface area contributed by atoms with Gasteiger partial charge in [-0.2, -0.15) is 10.2 Å². The van der Waals surface area contributed by atoms with Gasteiger partial charge in [-0.25, -0.2) is 4.98 Å². The zero-order valence-corrected chi connectivity index (χ0v) is 20.1. The molecule has 5 heteroatoms. The van der Waals surface area contributed by atoms with Crippen molar-refractivity contribution in [2.24, 2.45) is 0 Å². The predicted octanol–water partition coefficient (Wildman–Crippen LogP) is 7.67. The van der Waals surface area contributed by atoms with Crippen molar-refractivity contribution in [2.75, 3.05) is 0 Å². The summed E-state index contributed by atoms with van der Waals surface area (Å²) in [5, 5.41) is 15.4. The lowest BCUT2D eigenvalue weighted by Gasteiger charge is -2.00. The van der Waals surface area contributed by atoms with E-state index in [1.54, 1.807) is 0 Å². The van der Waals surface area contributed by atoms with Crippen LogP contribution in [0.25, 0.3) is 22.8 Å². The quantitative estimate of drug-likeness (QED) is 0.227. The van der Waals surface area contributed by atoms with Gasteiger partial charge in [0.1, 0.15) is 11.4 Å². The average Bonchev–Trinajstić information content (AvgIpc) is 3.49. The molecule has 0 unspecified atom stereocenters. The van der Waals surface area contributed by atoms with Gasteiger partial charge >= 0.3 is 0 Å². The first-order valence-electron chi connectivity index (χ1n) is 12.9. The third-order valence-electron chi connectivity index (χ3n) is 6.14. The topological polar surface area (TPSA) is 70.2 Å². The SMILES string of the molecule is CCCCCCCCc1cc(-c2cccc(-c3cc(CCCCCCCC)[nH]n3)n2)n[nH]1. The Labute approximate surface area is 193 Å². The molecular weight excluding hydrogens is 394 g/mol. The zero-order valence-electron chi connectivity index (χ0n) is 20.1. The van der Waals surface area contributed by atoms with Crippen LogP contribution in [0.5, 0.6) is 0 Å². The van der Waals surface area contributed by atoms with E-state index in [0.717, 1.165) is 35.6 Å². The number of aromatic nitrogens is 5. The van der Waals surface area contributed by atoms with E-state index in [9.17, 15) is 0 Å². The number of pyridine rings is 1. The minimum absolute atomic E-state index is 0.897. The lowest BCUT2D eigenvalue weighted by Crippen LogP contribution is -1.88. The fourth-order valence-corrected chi connectivity index (χ4v) is 4.15. The third kappa shape index (κ3) is 7.92. The van der Waals surface area contributed by atoms with Crippen LogP contribution < -0.4 is 0 Å². The van der Waals surface area contributed by atoms with Gasteiger partial charge in [0, 0.05) is 11.4 Å². The van der Waals surface area contributed by atoms with Crippen LogP contribution in [-0.4, -0.2) is 25.4 Å². The van der Waals surface area contributed by atoms with Gasteiger partial charge in [-0.15, -0.1) is 0 Å². The smallest absolute Gasteiger partial charge is 0.111 e. The Bertz CT molecular complexity index is 825. The number of H-pyrrole nitrogens is 2. The molecule has 3 aromatic rings. The monoisotopic (exact) mass is 435 g/mol. The van der Waals surface area contributed by atoms with Crippen LogP contribution in [0.2, 0.25) is 0 Å². The number of hydrogen-bond acceptors (Lipinski definition) is 3. The van der Waals surface area contributed by atoms with E-state index in [-0.39, 0.29) is 0 Å². The summed E-state index contributed by atoms with van der Waals surface area (Å²) in [6.07, 6.45) is 17.8. The Morgan fingerprint density at radius 3 is 1.47 bits per heavy atom. The first-order chi connectivity index (χ1) is 15.8. The standard InChI is InChI=1S/C27H41N5/c1-3-5-7-9-11-13-16-22-20-26(31-29-22)24-18-15-19-25(28-24)27-21-23(30-32-27)17-14-12-10-8-6-4-2/h15,18-21H,3-14,16-17H2,1-2H3,(H,29,31)(H,30,32). The molecule has 32 heavy (non-hydrogen) atoms. The van der Waals surface area contributed by atoms with Gasteiger partial charge in [0.15, 0.2) is 0 Å². The van der Waals surface area contributed by atoms with Gasteiger partial charge in [-0.3, -0.25) is 10.2 Å². The van der Waals surface area contributed by atoms with E-state index in [4.69, 9.17) is 4.98 Å². The number of rotatable bonds is 16. The predicted molar refractivity (Wildman–Crippen MR) is 134 cm³/mol. The number of aryl methyl sites for hydroxylation is 2. The van der Waals surface area contributed by atoms with Crippen LogP contribution in [0.4, 0.5) is 0 Å². The summed E-state index contributed by atoms with van der Waals surface area (Å²) in [5.41, 5.74) is 6.01. The van der Waals surface area contributed by atoms with Crippen molar-refractivity contribution in [3.63, 3.8) is 0 Å². The molecule has 0 amide bonds. The highest BCUT2D eigenvalue weighted by molar-refractivity contribution is 5.61. The van der Waals surface area contributed by atoms with Crippen molar-refractivity contribution in [3.05, 3.63) is 41.7 Å². The van der Waals surface area contributed by atoms with Crippen molar-refractivity contribution in [1.82, 2.24) is 25.4 Å². The molecule has 3 aromatic heterocycles. The van der Waals surface area contributed by atoms with Crippen LogP contribution in [0, 0.1) is 0 Å². The molecule has 0 aliphatic heterocycles. The van der Waals surface area contributed by atoms with E-state index >= 15 is 0 Å². The summed E-state index contributed by atoms with van der Waals surface area (Å²) >= 11 is 0. The molecule has 0 fully saturated rings. The number of unbranched alkanes of at least 4 members (excludes halogenated alkanes) is 10. The van der Waals surface area contributed by atoms with Crippen LogP contribution in [-0.2, 0) is 12.8 Å². The molecule has 0 saturated heterocycles. The molecule has 0 saturated carbocycles. The largest absolute Gasteiger partial charge is 0.282 e. The van der Waals surface area contributed by atoms with E-state index in [0.29, 0.717) is 0 Å². The number of hydrogen-bond donors (Lipinski definition) is 2. The lowest BCUT2D eigenvalue weighted by atomic mass is 10.1. The molecule has 0 aliphatic carbocycles. The second-order valence-electron chi connectivity index (χ2n) is 9.00. The number of nitrogens with zero attached hydrogens (tertiary/aromatic N) is 3. The molecule has 5 nitrogen and oxygen atoms in total. The fraction of sp³-hybridized carbons (Fsp3) is 0.593. The maximum Gasteiger partial charge on any atom is 0.111 e. The van der Waals surface area contributed by atoms with Crippen molar-refractivity contribution >= 4 is 0 Å². The molecule has 0 aliphatic rings. The van der Waals surface area contributed by atoms with Crippen LogP contribution in [0.1, 0.15) is 102 Å². The second kappa shape index (κ2) is 13.9. The number of aromatic amines is 2. The Hall–Kier alpha value is -2.43. The molecule has 0 bridgehead atoms. The summed E-state index contributed by atoms with van der Waals surface area (Å²) in [7, 11) is 0. The van der Waals surface area contributed by atoms with Crippen LogP contribution in [0.3, 0.4) is 0 Å². The molecule has 0 radical (unpaired) electrons.